The van der Waals surface area contributed by atoms with Crippen molar-refractivity contribution in [1.29, 1.82) is 0 Å². The maximum absolute atomic E-state index is 14.2. The Hall–Kier alpha value is -3.31. The molecule has 1 unspecified atom stereocenters. The number of halogens is 4. The second-order valence-electron chi connectivity index (χ2n) is 11.8. The van der Waals surface area contributed by atoms with Crippen LogP contribution in [0.15, 0.2) is 42.7 Å². The zero-order valence-corrected chi connectivity index (χ0v) is 23.0. The number of aryl methyl sites for hydroxylation is 1. The van der Waals surface area contributed by atoms with Crippen molar-refractivity contribution >= 4 is 11.6 Å². The van der Waals surface area contributed by atoms with Crippen LogP contribution >= 0.6 is 0 Å². The molecule has 0 spiro atoms. The molecule has 0 bridgehead atoms. The molecule has 2 fully saturated rings. The van der Waals surface area contributed by atoms with Gasteiger partial charge in [-0.3, -0.25) is 4.79 Å². The normalized spacial score (nSPS) is 22.3. The molecule has 0 radical (unpaired) electrons. The van der Waals surface area contributed by atoms with Crippen molar-refractivity contribution in [2.75, 3.05) is 11.8 Å². The van der Waals surface area contributed by atoms with Gasteiger partial charge in [-0.25, -0.2) is 4.39 Å². The first-order valence-corrected chi connectivity index (χ1v) is 14.0. The molecule has 1 atom stereocenters. The van der Waals surface area contributed by atoms with Crippen LogP contribution in [-0.2, 0) is 31.1 Å². The average Bonchev–Trinajstić information content (AvgIpc) is 3.47. The topological polar surface area (TPSA) is 72.3 Å². The molecular weight excluding hydrogens is 538 g/mol. The van der Waals surface area contributed by atoms with Crippen LogP contribution in [0.25, 0.3) is 0 Å². The molecule has 1 aliphatic heterocycles. The van der Waals surface area contributed by atoms with Crippen LogP contribution in [0.3, 0.4) is 0 Å². The smallest absolute Gasteiger partial charge is 0.347 e. The fourth-order valence-corrected chi connectivity index (χ4v) is 6.43. The Morgan fingerprint density at radius 3 is 2.61 bits per heavy atom. The van der Waals surface area contributed by atoms with Crippen LogP contribution in [-0.4, -0.2) is 39.2 Å². The summed E-state index contributed by atoms with van der Waals surface area (Å²) in [5, 5.41) is 11.7. The van der Waals surface area contributed by atoms with Gasteiger partial charge in [0.05, 0.1) is 18.2 Å². The molecule has 2 aliphatic carbocycles. The number of carbonyl (C=O) groups is 1. The van der Waals surface area contributed by atoms with E-state index < -0.39 is 24.5 Å². The van der Waals surface area contributed by atoms with Gasteiger partial charge in [-0.15, -0.1) is 10.2 Å². The fraction of sp³-hybridized carbons (Fsp3) is 0.500. The van der Waals surface area contributed by atoms with Gasteiger partial charge >= 0.3 is 6.18 Å². The molecular formula is C30H33F4N5O2. The SMILES string of the molecule is Cn1cnnc1C(c1cccc(N2Cc3c(cc(CNC4(C)CCC4)cc3C(F)(F)F)C2=O)c1)C1CC(OCF)C1. The van der Waals surface area contributed by atoms with E-state index in [-0.39, 0.29) is 47.7 Å². The molecule has 1 amide bonds. The third-order valence-corrected chi connectivity index (χ3v) is 9.05. The van der Waals surface area contributed by atoms with Crippen molar-refractivity contribution in [1.82, 2.24) is 20.1 Å². The van der Waals surface area contributed by atoms with Crippen LogP contribution in [0.4, 0.5) is 23.2 Å². The summed E-state index contributed by atoms with van der Waals surface area (Å²) in [6, 6.07) is 10.1. The van der Waals surface area contributed by atoms with Gasteiger partial charge in [-0.2, -0.15) is 13.2 Å². The van der Waals surface area contributed by atoms with Crippen LogP contribution in [0.1, 0.15) is 83.4 Å². The molecule has 2 aromatic carbocycles. The van der Waals surface area contributed by atoms with Gasteiger partial charge in [0.2, 0.25) is 0 Å². The highest BCUT2D eigenvalue weighted by Gasteiger charge is 2.42. The largest absolute Gasteiger partial charge is 0.416 e. The van der Waals surface area contributed by atoms with Crippen molar-refractivity contribution in [3.63, 3.8) is 0 Å². The summed E-state index contributed by atoms with van der Waals surface area (Å²) in [5.41, 5.74) is 1.08. The molecule has 2 saturated carbocycles. The number of amides is 1. The summed E-state index contributed by atoms with van der Waals surface area (Å²) in [5.74, 6) is 0.187. The van der Waals surface area contributed by atoms with Crippen LogP contribution in [0.2, 0.25) is 0 Å². The second-order valence-corrected chi connectivity index (χ2v) is 11.8. The first kappa shape index (κ1) is 27.8. The van der Waals surface area contributed by atoms with Gasteiger partial charge in [0.25, 0.3) is 5.91 Å². The molecule has 1 N–H and O–H groups in total. The van der Waals surface area contributed by atoms with Gasteiger partial charge in [0.1, 0.15) is 12.2 Å². The van der Waals surface area contributed by atoms with E-state index in [1.165, 1.54) is 11.0 Å². The highest BCUT2D eigenvalue weighted by atomic mass is 19.4. The van der Waals surface area contributed by atoms with E-state index >= 15 is 0 Å². The van der Waals surface area contributed by atoms with Gasteiger partial charge < -0.3 is 19.5 Å². The molecule has 0 saturated heterocycles. The Kier molecular flexibility index (Phi) is 7.14. The lowest BCUT2D eigenvalue weighted by molar-refractivity contribution is -0.138. The monoisotopic (exact) mass is 571 g/mol. The first-order valence-electron chi connectivity index (χ1n) is 14.0. The Morgan fingerprint density at radius 2 is 1.98 bits per heavy atom. The summed E-state index contributed by atoms with van der Waals surface area (Å²) in [4.78, 5) is 15.1. The van der Waals surface area contributed by atoms with Gasteiger partial charge in [0.15, 0.2) is 6.86 Å². The Labute approximate surface area is 235 Å². The maximum Gasteiger partial charge on any atom is 0.416 e. The summed E-state index contributed by atoms with van der Waals surface area (Å²) in [6.45, 7) is 1.34. The lowest BCUT2D eigenvalue weighted by Crippen LogP contribution is -2.47. The van der Waals surface area contributed by atoms with E-state index in [9.17, 15) is 22.4 Å². The maximum atomic E-state index is 14.2. The molecule has 2 heterocycles. The quantitative estimate of drug-likeness (QED) is 0.325. The first-order chi connectivity index (χ1) is 19.6. The number of hydrogen-bond donors (Lipinski definition) is 1. The van der Waals surface area contributed by atoms with E-state index in [0.29, 0.717) is 24.1 Å². The molecule has 7 nitrogen and oxygen atoms in total. The summed E-state index contributed by atoms with van der Waals surface area (Å²) < 4.78 is 62.3. The van der Waals surface area contributed by atoms with Crippen LogP contribution in [0.5, 0.6) is 0 Å². The highest BCUT2D eigenvalue weighted by molar-refractivity contribution is 6.10. The zero-order valence-electron chi connectivity index (χ0n) is 23.0. The number of ether oxygens (including phenoxy) is 1. The predicted molar refractivity (Wildman–Crippen MR) is 144 cm³/mol. The average molecular weight is 572 g/mol. The minimum atomic E-state index is -4.59. The van der Waals surface area contributed by atoms with E-state index in [0.717, 1.165) is 30.7 Å². The minimum absolute atomic E-state index is 0.00145. The number of aromatic nitrogens is 3. The Bertz CT molecular complexity index is 1440. The third-order valence-electron chi connectivity index (χ3n) is 9.05. The molecule has 3 aliphatic rings. The number of benzene rings is 2. The number of alkyl halides is 4. The van der Waals surface area contributed by atoms with Crippen molar-refractivity contribution in [3.05, 3.63) is 76.4 Å². The fourth-order valence-electron chi connectivity index (χ4n) is 6.43. The molecule has 11 heteroatoms. The zero-order chi connectivity index (χ0) is 28.9. The number of carbonyl (C=O) groups excluding carboxylic acids is 1. The number of hydrogen-bond acceptors (Lipinski definition) is 5. The van der Waals surface area contributed by atoms with Crippen molar-refractivity contribution in [2.24, 2.45) is 13.0 Å². The van der Waals surface area contributed by atoms with Crippen molar-refractivity contribution < 1.29 is 27.1 Å². The lowest BCUT2D eigenvalue weighted by Gasteiger charge is -2.39. The van der Waals surface area contributed by atoms with Crippen molar-refractivity contribution in [3.8, 4) is 0 Å². The van der Waals surface area contributed by atoms with Gasteiger partial charge in [0, 0.05) is 36.3 Å². The highest BCUT2D eigenvalue weighted by Crippen LogP contribution is 2.45. The third kappa shape index (κ3) is 5.25. The molecule has 218 valence electrons. The number of anilines is 1. The predicted octanol–water partition coefficient (Wildman–Crippen LogP) is 5.88. The summed E-state index contributed by atoms with van der Waals surface area (Å²) >= 11 is 0. The van der Waals surface area contributed by atoms with Crippen LogP contribution in [0, 0.1) is 5.92 Å². The Morgan fingerprint density at radius 1 is 1.20 bits per heavy atom. The standard InChI is InChI=1S/C30H33F4N5O2/c1-29(7-4-8-29)35-14-18-9-23-24(25(10-18)30(32,33)34)15-39(28(23)40)21-6-3-5-19(11-21)26(27-37-36-17-38(27)2)20-12-22(13-20)41-16-31/h3,5-6,9-11,17,20,22,26,35H,4,7-8,12-16H2,1-2H3. The van der Waals surface area contributed by atoms with E-state index in [1.807, 2.05) is 23.7 Å². The Balaban J connectivity index is 1.30. The lowest BCUT2D eigenvalue weighted by atomic mass is 9.70. The number of nitrogens with one attached hydrogen (secondary N) is 1. The van der Waals surface area contributed by atoms with E-state index in [2.05, 4.69) is 22.4 Å². The number of fused-ring (bicyclic) bond motifs is 1. The summed E-state index contributed by atoms with van der Waals surface area (Å²) in [6.07, 6.45) is 1.19. The van der Waals surface area contributed by atoms with Crippen molar-refractivity contribution in [2.45, 2.75) is 75.9 Å². The van der Waals surface area contributed by atoms with Crippen LogP contribution < -0.4 is 10.2 Å². The summed E-state index contributed by atoms with van der Waals surface area (Å²) in [7, 11) is 1.84. The number of nitrogens with zero attached hydrogens (tertiary/aromatic N) is 4. The minimum Gasteiger partial charge on any atom is -0.347 e. The molecule has 3 aromatic rings. The molecule has 6 rings (SSSR count). The molecule has 41 heavy (non-hydrogen) atoms. The molecule has 1 aromatic heterocycles. The second kappa shape index (κ2) is 10.5. The van der Waals surface area contributed by atoms with E-state index in [1.54, 1.807) is 24.5 Å². The number of rotatable bonds is 9. The van der Waals surface area contributed by atoms with Gasteiger partial charge in [-0.05, 0) is 85.9 Å². The van der Waals surface area contributed by atoms with E-state index in [4.69, 9.17) is 4.74 Å². The van der Waals surface area contributed by atoms with Gasteiger partial charge in [-0.1, -0.05) is 12.1 Å².